The molecule has 7 nitrogen and oxygen atoms in total. The van der Waals surface area contributed by atoms with Crippen LogP contribution in [0.5, 0.6) is 0 Å². The fraction of sp³-hybridized carbons (Fsp3) is 0.278. The van der Waals surface area contributed by atoms with Crippen molar-refractivity contribution >= 4 is 17.8 Å². The number of nitrogens with zero attached hydrogens (tertiary/aromatic N) is 2. The van der Waals surface area contributed by atoms with Crippen LogP contribution in [-0.2, 0) is 9.53 Å². The van der Waals surface area contributed by atoms with Crippen LogP contribution in [0.25, 0.3) is 0 Å². The third-order valence-corrected chi connectivity index (χ3v) is 3.19. The Morgan fingerprint density at radius 1 is 1.12 bits per heavy atom. The first-order valence-corrected chi connectivity index (χ1v) is 7.87. The second-order valence-corrected chi connectivity index (χ2v) is 6.49. The van der Waals surface area contributed by atoms with Gasteiger partial charge >= 0.3 is 6.09 Å². The second kappa shape index (κ2) is 7.38. The summed E-state index contributed by atoms with van der Waals surface area (Å²) in [4.78, 5) is 36.6. The summed E-state index contributed by atoms with van der Waals surface area (Å²) in [5.74, 6) is -1.89. The van der Waals surface area contributed by atoms with Crippen LogP contribution in [0.2, 0.25) is 0 Å². The van der Waals surface area contributed by atoms with Gasteiger partial charge in [0, 0.05) is 13.1 Å². The van der Waals surface area contributed by atoms with Gasteiger partial charge in [-0.15, -0.1) is 5.12 Å². The molecule has 0 saturated carbocycles. The Morgan fingerprint density at radius 3 is 2.35 bits per heavy atom. The molecule has 1 N–H and O–H groups in total. The highest BCUT2D eigenvalue weighted by molar-refractivity contribution is 6.08. The van der Waals surface area contributed by atoms with Crippen LogP contribution in [-0.4, -0.2) is 28.1 Å². The maximum Gasteiger partial charge on any atom is 0.428 e. The Balaban J connectivity index is 2.34. The number of ether oxygens (including phenoxy) is 1. The summed E-state index contributed by atoms with van der Waals surface area (Å²) < 4.78 is 20.2. The zero-order valence-corrected chi connectivity index (χ0v) is 14.9. The lowest BCUT2D eigenvalue weighted by Crippen LogP contribution is -2.54. The molecule has 2 aromatic rings. The number of hydrogen-bond donors (Lipinski definition) is 1. The molecule has 1 aromatic carbocycles. The van der Waals surface area contributed by atoms with Crippen molar-refractivity contribution in [3.63, 3.8) is 0 Å². The van der Waals surface area contributed by atoms with Crippen molar-refractivity contribution in [3.8, 4) is 0 Å². The molecule has 138 valence electrons. The zero-order valence-electron chi connectivity index (χ0n) is 14.9. The van der Waals surface area contributed by atoms with Gasteiger partial charge in [-0.2, -0.15) is 0 Å². The maximum atomic E-state index is 13.9. The summed E-state index contributed by atoms with van der Waals surface area (Å²) in [5.41, 5.74) is 1.36. The maximum absolute atomic E-state index is 13.9. The van der Waals surface area contributed by atoms with Crippen LogP contribution in [0.15, 0.2) is 42.6 Å². The number of amides is 2. The zero-order chi connectivity index (χ0) is 19.5. The average molecular weight is 361 g/mol. The molecule has 0 saturated heterocycles. The molecule has 1 heterocycles. The molecular formula is C18H20FN3O4. The summed E-state index contributed by atoms with van der Waals surface area (Å²) in [6, 6.07) is 8.43. The predicted octanol–water partition coefficient (Wildman–Crippen LogP) is 2.78. The largest absolute Gasteiger partial charge is 0.443 e. The number of hydrazine groups is 1. The first-order chi connectivity index (χ1) is 12.1. The van der Waals surface area contributed by atoms with Crippen molar-refractivity contribution in [1.82, 2.24) is 10.1 Å². The molecule has 2 rings (SSSR count). The lowest BCUT2D eigenvalue weighted by molar-refractivity contribution is -0.119. The van der Waals surface area contributed by atoms with Crippen molar-refractivity contribution in [2.75, 3.05) is 5.12 Å². The van der Waals surface area contributed by atoms with Gasteiger partial charge < -0.3 is 4.74 Å². The minimum Gasteiger partial charge on any atom is -0.443 e. The van der Waals surface area contributed by atoms with Gasteiger partial charge in [0.25, 0.3) is 5.91 Å². The lowest BCUT2D eigenvalue weighted by atomic mass is 10.1. The Labute approximate surface area is 150 Å². The minimum atomic E-state index is -0.870. The fourth-order valence-electron chi connectivity index (χ4n) is 2.18. The number of hydrogen-bond acceptors (Lipinski definition) is 4. The van der Waals surface area contributed by atoms with Gasteiger partial charge in [0.1, 0.15) is 17.1 Å². The van der Waals surface area contributed by atoms with E-state index >= 15 is 0 Å². The molecule has 8 heteroatoms. The Morgan fingerprint density at radius 2 is 1.77 bits per heavy atom. The second-order valence-electron chi connectivity index (χ2n) is 6.49. The smallest absolute Gasteiger partial charge is 0.428 e. The van der Waals surface area contributed by atoms with Gasteiger partial charge in [-0.3, -0.25) is 9.59 Å². The van der Waals surface area contributed by atoms with Crippen LogP contribution >= 0.6 is 0 Å². The quantitative estimate of drug-likeness (QED) is 0.673. The number of rotatable bonds is 3. The Hall–Kier alpha value is -3.16. The molecule has 0 unspecified atom stereocenters. The van der Waals surface area contributed by atoms with Gasteiger partial charge in [0.15, 0.2) is 0 Å². The summed E-state index contributed by atoms with van der Waals surface area (Å²) in [7, 11) is 0. The molecule has 26 heavy (non-hydrogen) atoms. The van der Waals surface area contributed by atoms with Crippen molar-refractivity contribution in [2.45, 2.75) is 33.3 Å². The highest BCUT2D eigenvalue weighted by atomic mass is 19.1. The molecule has 2 amide bonds. The molecule has 0 radical (unpaired) electrons. The number of benzene rings is 1. The molecular weight excluding hydrogens is 341 g/mol. The summed E-state index contributed by atoms with van der Waals surface area (Å²) in [6.07, 6.45) is 0.526. The third kappa shape index (κ3) is 4.47. The molecule has 0 aliphatic rings. The molecule has 0 bridgehead atoms. The van der Waals surface area contributed by atoms with Crippen LogP contribution in [0.3, 0.4) is 0 Å². The van der Waals surface area contributed by atoms with E-state index < -0.39 is 29.2 Å². The summed E-state index contributed by atoms with van der Waals surface area (Å²) in [6.45, 7) is 6.23. The van der Waals surface area contributed by atoms with E-state index in [1.807, 2.05) is 0 Å². The predicted molar refractivity (Wildman–Crippen MR) is 92.5 cm³/mol. The fourth-order valence-corrected chi connectivity index (χ4v) is 2.18. The van der Waals surface area contributed by atoms with E-state index in [-0.39, 0.29) is 11.3 Å². The number of nitrogens with one attached hydrogen (secondary N) is 1. The van der Waals surface area contributed by atoms with Crippen molar-refractivity contribution < 1.29 is 23.5 Å². The van der Waals surface area contributed by atoms with E-state index in [9.17, 15) is 18.8 Å². The van der Waals surface area contributed by atoms with Crippen molar-refractivity contribution in [2.24, 2.45) is 0 Å². The number of ketones is 1. The van der Waals surface area contributed by atoms with Crippen LogP contribution in [0.1, 0.15) is 43.7 Å². The van der Waals surface area contributed by atoms with E-state index in [4.69, 9.17) is 4.74 Å². The Kier molecular flexibility index (Phi) is 5.44. The SMILES string of the molecule is CC(=O)N(NC(=O)OC(C)(C)C)n1cccc1C(=O)c1ccccc1F. The molecule has 0 spiro atoms. The molecule has 1 aromatic heterocycles. The van der Waals surface area contributed by atoms with Gasteiger partial charge in [-0.05, 0) is 45.0 Å². The van der Waals surface area contributed by atoms with Crippen LogP contribution < -0.4 is 10.5 Å². The molecule has 0 fully saturated rings. The Bertz CT molecular complexity index is 839. The topological polar surface area (TPSA) is 80.6 Å². The van der Waals surface area contributed by atoms with E-state index in [1.54, 1.807) is 20.8 Å². The molecule has 0 atom stereocenters. The van der Waals surface area contributed by atoms with Gasteiger partial charge in [0.05, 0.1) is 5.56 Å². The highest BCUT2D eigenvalue weighted by Crippen LogP contribution is 2.15. The van der Waals surface area contributed by atoms with E-state index in [0.29, 0.717) is 0 Å². The van der Waals surface area contributed by atoms with Gasteiger partial charge in [-0.1, -0.05) is 12.1 Å². The van der Waals surface area contributed by atoms with E-state index in [1.165, 1.54) is 49.5 Å². The van der Waals surface area contributed by atoms with Crippen LogP contribution in [0.4, 0.5) is 9.18 Å². The third-order valence-electron chi connectivity index (χ3n) is 3.19. The number of carbonyl (C=O) groups is 3. The number of carbonyl (C=O) groups excluding carboxylic acids is 3. The monoisotopic (exact) mass is 361 g/mol. The number of aromatic nitrogens is 1. The number of halogens is 1. The molecule has 0 aliphatic heterocycles. The first-order valence-electron chi connectivity index (χ1n) is 7.87. The lowest BCUT2D eigenvalue weighted by Gasteiger charge is -2.26. The standard InChI is InChI=1S/C18H20FN3O4/c1-12(23)22(20-17(25)26-18(2,3)4)21-11-7-10-15(21)16(24)13-8-5-6-9-14(13)19/h5-11H,1-4H3,(H,20,25). The summed E-state index contributed by atoms with van der Waals surface area (Å²) >= 11 is 0. The normalized spacial score (nSPS) is 11.0. The van der Waals surface area contributed by atoms with E-state index in [2.05, 4.69) is 5.43 Å². The van der Waals surface area contributed by atoms with Crippen molar-refractivity contribution in [1.29, 1.82) is 0 Å². The highest BCUT2D eigenvalue weighted by Gasteiger charge is 2.24. The average Bonchev–Trinajstić information content (AvgIpc) is 2.99. The minimum absolute atomic E-state index is 0.00126. The van der Waals surface area contributed by atoms with Gasteiger partial charge in [-0.25, -0.2) is 19.3 Å². The van der Waals surface area contributed by atoms with Crippen molar-refractivity contribution in [3.05, 3.63) is 59.7 Å². The van der Waals surface area contributed by atoms with Crippen LogP contribution in [0, 0.1) is 5.82 Å². The summed E-state index contributed by atoms with van der Waals surface area (Å²) in [5, 5.41) is 0.822. The van der Waals surface area contributed by atoms with E-state index in [0.717, 1.165) is 9.79 Å². The first kappa shape index (κ1) is 19.2. The molecule has 0 aliphatic carbocycles. The van der Waals surface area contributed by atoms with Gasteiger partial charge in [0.2, 0.25) is 5.78 Å².